The molecular weight excluding hydrogens is 436 g/mol. The van der Waals surface area contributed by atoms with Crippen LogP contribution in [0.4, 0.5) is 16.2 Å². The van der Waals surface area contributed by atoms with E-state index in [0.29, 0.717) is 41.6 Å². The van der Waals surface area contributed by atoms with Crippen molar-refractivity contribution in [2.24, 2.45) is 5.92 Å². The smallest absolute Gasteiger partial charge is 0.323 e. The number of fused-ring (bicyclic) bond motifs is 1. The van der Waals surface area contributed by atoms with Gasteiger partial charge in [-0.05, 0) is 43.2 Å². The lowest BCUT2D eigenvalue weighted by molar-refractivity contribution is 0.0281. The zero-order valence-corrected chi connectivity index (χ0v) is 20.4. The van der Waals surface area contributed by atoms with Crippen molar-refractivity contribution in [3.8, 4) is 11.5 Å². The number of urea groups is 1. The molecule has 9 nitrogen and oxygen atoms in total. The fourth-order valence-electron chi connectivity index (χ4n) is 3.77. The third-order valence-electron chi connectivity index (χ3n) is 5.84. The topological polar surface area (TPSA) is 101 Å². The first-order valence-corrected chi connectivity index (χ1v) is 11.3. The highest BCUT2D eigenvalue weighted by Gasteiger charge is 2.25. The first-order valence-electron chi connectivity index (χ1n) is 11.3. The summed E-state index contributed by atoms with van der Waals surface area (Å²) in [4.78, 5) is 27.6. The van der Waals surface area contributed by atoms with Gasteiger partial charge in [-0.25, -0.2) is 4.79 Å². The molecule has 0 bridgehead atoms. The van der Waals surface area contributed by atoms with Crippen molar-refractivity contribution in [3.05, 3.63) is 48.0 Å². The summed E-state index contributed by atoms with van der Waals surface area (Å²) < 4.78 is 16.9. The molecule has 0 aromatic heterocycles. The summed E-state index contributed by atoms with van der Waals surface area (Å²) in [6.45, 7) is 5.70. The predicted molar refractivity (Wildman–Crippen MR) is 132 cm³/mol. The van der Waals surface area contributed by atoms with Crippen molar-refractivity contribution < 1.29 is 23.8 Å². The molecule has 184 valence electrons. The van der Waals surface area contributed by atoms with Gasteiger partial charge in [0.2, 0.25) is 0 Å². The number of anilines is 2. The van der Waals surface area contributed by atoms with Crippen LogP contribution in [0.2, 0.25) is 0 Å². The summed E-state index contributed by atoms with van der Waals surface area (Å²) in [6.07, 6.45) is -0.120. The number of hydrogen-bond acceptors (Lipinski definition) is 6. The van der Waals surface area contributed by atoms with Crippen LogP contribution < -0.4 is 25.4 Å². The fraction of sp³-hybridized carbons (Fsp3) is 0.440. The number of methoxy groups -OCH3 is 2. The Labute approximate surface area is 200 Å². The van der Waals surface area contributed by atoms with Gasteiger partial charge in [0, 0.05) is 39.0 Å². The molecule has 3 atom stereocenters. The van der Waals surface area contributed by atoms with Crippen LogP contribution in [0.5, 0.6) is 11.5 Å². The Bertz CT molecular complexity index is 999. The molecule has 9 heteroatoms. The molecule has 0 radical (unpaired) electrons. The molecule has 3 N–H and O–H groups in total. The molecule has 34 heavy (non-hydrogen) atoms. The van der Waals surface area contributed by atoms with Gasteiger partial charge >= 0.3 is 6.03 Å². The van der Waals surface area contributed by atoms with Crippen molar-refractivity contribution in [3.63, 3.8) is 0 Å². The van der Waals surface area contributed by atoms with Crippen LogP contribution in [0.3, 0.4) is 0 Å². The predicted octanol–water partition coefficient (Wildman–Crippen LogP) is 3.43. The Hall–Kier alpha value is -3.30. The number of amides is 3. The number of nitrogens with zero attached hydrogens (tertiary/aromatic N) is 1. The minimum atomic E-state index is -0.453. The minimum absolute atomic E-state index is 0.0875. The molecule has 0 fully saturated rings. The number of hydrogen-bond donors (Lipinski definition) is 3. The van der Waals surface area contributed by atoms with Gasteiger partial charge in [0.25, 0.3) is 5.91 Å². The van der Waals surface area contributed by atoms with E-state index >= 15 is 0 Å². The molecule has 3 amide bonds. The van der Waals surface area contributed by atoms with E-state index in [0.717, 1.165) is 6.54 Å². The molecular formula is C25H34N4O5. The third-order valence-corrected chi connectivity index (χ3v) is 5.84. The maximum atomic E-state index is 13.3. The van der Waals surface area contributed by atoms with E-state index in [1.54, 1.807) is 55.5 Å². The van der Waals surface area contributed by atoms with Crippen LogP contribution in [0, 0.1) is 5.92 Å². The Morgan fingerprint density at radius 1 is 1.15 bits per heavy atom. The van der Waals surface area contributed by atoms with Crippen molar-refractivity contribution in [1.29, 1.82) is 0 Å². The standard InChI is InChI=1S/C25H34N4O5/c1-16-13-26-17(2)15-34-21-11-10-18(12-19(21)24(30)29(3)14-23(16)33-5)27-25(31)28-20-8-6-7-9-22(20)32-4/h6-12,16-17,23,26H,13-15H2,1-5H3,(H2,27,28,31)/t16-,17+,23+/m1/s1. The van der Waals surface area contributed by atoms with Gasteiger partial charge in [0.05, 0.1) is 24.5 Å². The number of benzene rings is 2. The Morgan fingerprint density at radius 3 is 2.65 bits per heavy atom. The minimum Gasteiger partial charge on any atom is -0.495 e. The molecule has 0 saturated heterocycles. The maximum absolute atomic E-state index is 13.3. The number of carbonyl (C=O) groups excluding carboxylic acids is 2. The number of carbonyl (C=O) groups is 2. The van der Waals surface area contributed by atoms with Gasteiger partial charge < -0.3 is 35.1 Å². The number of nitrogens with one attached hydrogen (secondary N) is 3. The largest absolute Gasteiger partial charge is 0.495 e. The Kier molecular flexibility index (Phi) is 8.72. The SMILES string of the molecule is COc1ccccc1NC(=O)Nc1ccc2c(c1)C(=O)N(C)C[C@H](OC)[C@H](C)CN[C@@H](C)CO2. The van der Waals surface area contributed by atoms with Crippen molar-refractivity contribution in [2.75, 3.05) is 51.6 Å². The highest BCUT2D eigenvalue weighted by Crippen LogP contribution is 2.27. The molecule has 0 spiro atoms. The van der Waals surface area contributed by atoms with Crippen LogP contribution in [0.1, 0.15) is 24.2 Å². The van der Waals surface area contributed by atoms with Gasteiger partial charge in [0.1, 0.15) is 18.1 Å². The van der Waals surface area contributed by atoms with Crippen LogP contribution >= 0.6 is 0 Å². The highest BCUT2D eigenvalue weighted by molar-refractivity contribution is 6.03. The molecule has 1 aliphatic heterocycles. The van der Waals surface area contributed by atoms with Gasteiger partial charge in [0.15, 0.2) is 0 Å². The van der Waals surface area contributed by atoms with E-state index in [1.807, 2.05) is 13.0 Å². The summed E-state index contributed by atoms with van der Waals surface area (Å²) in [5, 5.41) is 9.00. The molecule has 1 heterocycles. The summed E-state index contributed by atoms with van der Waals surface area (Å²) in [7, 11) is 4.94. The fourth-order valence-corrected chi connectivity index (χ4v) is 3.77. The summed E-state index contributed by atoms with van der Waals surface area (Å²) in [6, 6.07) is 11.8. The quantitative estimate of drug-likeness (QED) is 0.633. The van der Waals surface area contributed by atoms with Gasteiger partial charge in [-0.1, -0.05) is 19.1 Å². The van der Waals surface area contributed by atoms with E-state index in [-0.39, 0.29) is 24.0 Å². The lowest BCUT2D eigenvalue weighted by Crippen LogP contribution is -2.44. The maximum Gasteiger partial charge on any atom is 0.323 e. The lowest BCUT2D eigenvalue weighted by atomic mass is 10.0. The molecule has 0 unspecified atom stereocenters. The van der Waals surface area contributed by atoms with E-state index < -0.39 is 6.03 Å². The zero-order valence-electron chi connectivity index (χ0n) is 20.4. The van der Waals surface area contributed by atoms with E-state index in [9.17, 15) is 9.59 Å². The molecule has 3 rings (SSSR count). The van der Waals surface area contributed by atoms with Crippen LogP contribution in [0.25, 0.3) is 0 Å². The van der Waals surface area contributed by atoms with Crippen LogP contribution in [0.15, 0.2) is 42.5 Å². The molecule has 2 aromatic rings. The number of ether oxygens (including phenoxy) is 3. The van der Waals surface area contributed by atoms with Crippen molar-refractivity contribution in [2.45, 2.75) is 26.0 Å². The van der Waals surface area contributed by atoms with Crippen LogP contribution in [-0.2, 0) is 4.74 Å². The van der Waals surface area contributed by atoms with Crippen LogP contribution in [-0.4, -0.2) is 69.9 Å². The Balaban J connectivity index is 1.83. The van der Waals surface area contributed by atoms with E-state index in [1.165, 1.54) is 7.11 Å². The molecule has 1 aliphatic rings. The van der Waals surface area contributed by atoms with Gasteiger partial charge in [-0.15, -0.1) is 0 Å². The summed E-state index contributed by atoms with van der Waals surface area (Å²) in [5.41, 5.74) is 1.37. The second-order valence-electron chi connectivity index (χ2n) is 8.55. The second kappa shape index (κ2) is 11.7. The first kappa shape index (κ1) is 25.3. The molecule has 2 aromatic carbocycles. The lowest BCUT2D eigenvalue weighted by Gasteiger charge is -2.30. The molecule has 0 saturated carbocycles. The zero-order chi connectivity index (χ0) is 24.7. The second-order valence-corrected chi connectivity index (χ2v) is 8.55. The summed E-state index contributed by atoms with van der Waals surface area (Å²) >= 11 is 0. The molecule has 0 aliphatic carbocycles. The normalized spacial score (nSPS) is 21.4. The third kappa shape index (κ3) is 6.39. The van der Waals surface area contributed by atoms with Gasteiger partial charge in [-0.3, -0.25) is 4.79 Å². The monoisotopic (exact) mass is 470 g/mol. The average molecular weight is 471 g/mol. The van der Waals surface area contributed by atoms with Crippen molar-refractivity contribution >= 4 is 23.3 Å². The van der Waals surface area contributed by atoms with E-state index in [2.05, 4.69) is 22.9 Å². The highest BCUT2D eigenvalue weighted by atomic mass is 16.5. The van der Waals surface area contributed by atoms with Gasteiger partial charge in [-0.2, -0.15) is 0 Å². The summed E-state index contributed by atoms with van der Waals surface area (Å²) in [5.74, 6) is 1.00. The average Bonchev–Trinajstić information content (AvgIpc) is 2.84. The van der Waals surface area contributed by atoms with Crippen molar-refractivity contribution in [1.82, 2.24) is 10.2 Å². The Morgan fingerprint density at radius 2 is 1.91 bits per heavy atom. The number of likely N-dealkylation sites (N-methyl/N-ethyl adjacent to an activating group) is 1. The number of rotatable bonds is 4. The first-order chi connectivity index (χ1) is 16.3. The van der Waals surface area contributed by atoms with E-state index in [4.69, 9.17) is 14.2 Å². The number of para-hydroxylation sites is 2.